The Bertz CT molecular complexity index is 1340. The zero-order chi connectivity index (χ0) is 27.4. The number of halogens is 3. The topological polar surface area (TPSA) is 127 Å². The van der Waals surface area contributed by atoms with Gasteiger partial charge in [0.1, 0.15) is 0 Å². The molecule has 8 nitrogen and oxygen atoms in total. The molecule has 0 saturated heterocycles. The van der Waals surface area contributed by atoms with Crippen LogP contribution in [0.15, 0.2) is 106 Å². The van der Waals surface area contributed by atoms with E-state index in [2.05, 4.69) is 31.9 Å². The SMILES string of the molecule is O=[N+]([O-])c1ccc(Br)cc1-c1ccccc1.O=[N+]([O-])c1ccc(Br)cc1I.O[B]B(O)c1ccccc1. The maximum Gasteiger partial charge on any atom is 0.313 e. The van der Waals surface area contributed by atoms with Gasteiger partial charge in [-0.2, -0.15) is 0 Å². The molecule has 0 spiro atoms. The zero-order valence-electron chi connectivity index (χ0n) is 18.9. The highest BCUT2D eigenvalue weighted by molar-refractivity contribution is 14.1. The van der Waals surface area contributed by atoms with E-state index in [4.69, 9.17) is 10.0 Å². The average molecular weight is 739 g/mol. The molecule has 4 aromatic rings. The highest BCUT2D eigenvalue weighted by Gasteiger charge is 2.15. The summed E-state index contributed by atoms with van der Waals surface area (Å²) in [4.78, 5) is 20.5. The van der Waals surface area contributed by atoms with E-state index in [1.807, 2.05) is 71.1 Å². The van der Waals surface area contributed by atoms with E-state index in [1.54, 1.807) is 36.4 Å². The molecule has 0 aliphatic heterocycles. The summed E-state index contributed by atoms with van der Waals surface area (Å²) in [6, 6.07) is 28.1. The van der Waals surface area contributed by atoms with Crippen LogP contribution in [-0.4, -0.2) is 34.1 Å². The molecule has 0 amide bonds. The number of nitro groups is 2. The summed E-state index contributed by atoms with van der Waals surface area (Å²) in [5.41, 5.74) is 2.43. The van der Waals surface area contributed by atoms with E-state index < -0.39 is 11.7 Å². The molecular formula is C24H18B2Br2IN2O6. The van der Waals surface area contributed by atoms with Crippen LogP contribution < -0.4 is 5.46 Å². The van der Waals surface area contributed by atoms with Gasteiger partial charge in [0.05, 0.1) is 19.0 Å². The first-order valence-electron chi connectivity index (χ1n) is 10.4. The molecule has 187 valence electrons. The summed E-state index contributed by atoms with van der Waals surface area (Å²) in [5.74, 6) is 0. The highest BCUT2D eigenvalue weighted by atomic mass is 127. The minimum atomic E-state index is -0.860. The van der Waals surface area contributed by atoms with Crippen molar-refractivity contribution in [2.24, 2.45) is 0 Å². The monoisotopic (exact) mass is 737 g/mol. The summed E-state index contributed by atoms with van der Waals surface area (Å²) in [5, 5.41) is 38.7. The number of nitrogens with zero attached hydrogens (tertiary/aromatic N) is 2. The Morgan fingerprint density at radius 2 is 1.24 bits per heavy atom. The van der Waals surface area contributed by atoms with E-state index in [0.717, 1.165) is 21.9 Å². The normalized spacial score (nSPS) is 9.65. The fourth-order valence-corrected chi connectivity index (χ4v) is 4.74. The van der Waals surface area contributed by atoms with Crippen molar-refractivity contribution < 1.29 is 19.9 Å². The molecule has 4 aromatic carbocycles. The Hall–Kier alpha value is -2.58. The fourth-order valence-electron chi connectivity index (χ4n) is 2.88. The highest BCUT2D eigenvalue weighted by Crippen LogP contribution is 2.32. The molecule has 0 aliphatic rings. The molecule has 1 radical (unpaired) electrons. The van der Waals surface area contributed by atoms with Gasteiger partial charge in [0.25, 0.3) is 18.7 Å². The predicted molar refractivity (Wildman–Crippen MR) is 162 cm³/mol. The smallest absolute Gasteiger partial charge is 0.313 e. The second-order valence-corrected chi connectivity index (χ2v) is 10.1. The minimum absolute atomic E-state index is 0.120. The lowest BCUT2D eigenvalue weighted by molar-refractivity contribution is -0.385. The van der Waals surface area contributed by atoms with E-state index >= 15 is 0 Å². The fraction of sp³-hybridized carbons (Fsp3) is 0. The van der Waals surface area contributed by atoms with Gasteiger partial charge in [-0.05, 0) is 52.4 Å². The standard InChI is InChI=1S/C12H8BrNO2.C6H7B2O2.C6H3BrINO2/c13-10-6-7-12(14(15)16)11(8-10)9-4-2-1-3-5-9;9-7-8(10)6-4-2-1-3-5-6;7-4-1-2-6(9(10)11)5(8)3-4/h1-8H;1-5,9-10H;1-3H. The third-order valence-corrected chi connectivity index (χ3v) is 6.48. The van der Waals surface area contributed by atoms with Crippen LogP contribution in [0.5, 0.6) is 0 Å². The molecule has 0 aromatic heterocycles. The van der Waals surface area contributed by atoms with Gasteiger partial charge in [0.15, 0.2) is 0 Å². The van der Waals surface area contributed by atoms with Crippen molar-refractivity contribution in [3.05, 3.63) is 130 Å². The molecule has 0 fully saturated rings. The van der Waals surface area contributed by atoms with E-state index in [-0.39, 0.29) is 16.3 Å². The third kappa shape index (κ3) is 10.0. The van der Waals surface area contributed by atoms with Gasteiger partial charge in [-0.3, -0.25) is 20.2 Å². The Morgan fingerprint density at radius 3 is 1.73 bits per heavy atom. The van der Waals surface area contributed by atoms with Crippen molar-refractivity contribution in [3.8, 4) is 11.1 Å². The van der Waals surface area contributed by atoms with Crippen LogP contribution in [-0.2, 0) is 0 Å². The second kappa shape index (κ2) is 15.6. The van der Waals surface area contributed by atoms with Crippen molar-refractivity contribution in [1.82, 2.24) is 0 Å². The Balaban J connectivity index is 0.000000203. The second-order valence-electron chi connectivity index (χ2n) is 7.14. The first-order chi connectivity index (χ1) is 17.6. The van der Waals surface area contributed by atoms with E-state index in [0.29, 0.717) is 14.6 Å². The summed E-state index contributed by atoms with van der Waals surface area (Å²) in [7, 11) is 0.759. The number of nitro benzene ring substituents is 2. The van der Waals surface area contributed by atoms with Crippen LogP contribution >= 0.6 is 54.5 Å². The third-order valence-electron chi connectivity index (χ3n) is 4.63. The molecule has 0 atom stereocenters. The Labute approximate surface area is 244 Å². The lowest BCUT2D eigenvalue weighted by Crippen LogP contribution is -2.36. The molecule has 0 saturated carbocycles. The summed E-state index contributed by atoms with van der Waals surface area (Å²) < 4.78 is 2.33. The number of benzene rings is 4. The maximum atomic E-state index is 10.9. The lowest BCUT2D eigenvalue weighted by Gasteiger charge is -2.03. The van der Waals surface area contributed by atoms with Crippen LogP contribution in [0, 0.1) is 23.8 Å². The van der Waals surface area contributed by atoms with Crippen LogP contribution in [0.4, 0.5) is 11.4 Å². The first kappa shape index (κ1) is 30.6. The maximum absolute atomic E-state index is 10.9. The quantitative estimate of drug-likeness (QED) is 0.113. The molecule has 0 bridgehead atoms. The van der Waals surface area contributed by atoms with Gasteiger partial charge in [-0.15, -0.1) is 0 Å². The van der Waals surface area contributed by atoms with E-state index in [1.165, 1.54) is 12.1 Å². The molecule has 0 heterocycles. The average Bonchev–Trinajstić information content (AvgIpc) is 2.89. The largest absolute Gasteiger partial charge is 0.460 e. The van der Waals surface area contributed by atoms with Crippen LogP contribution in [0.1, 0.15) is 0 Å². The predicted octanol–water partition coefficient (Wildman–Crippen LogP) is 5.97. The van der Waals surface area contributed by atoms with Gasteiger partial charge in [0, 0.05) is 21.1 Å². The number of hydrogen-bond acceptors (Lipinski definition) is 6. The first-order valence-corrected chi connectivity index (χ1v) is 13.1. The number of rotatable bonds is 5. The Kier molecular flexibility index (Phi) is 12.9. The molecule has 13 heteroatoms. The molecule has 0 unspecified atom stereocenters. The zero-order valence-corrected chi connectivity index (χ0v) is 24.3. The van der Waals surface area contributed by atoms with Crippen LogP contribution in [0.25, 0.3) is 11.1 Å². The molecule has 0 aliphatic carbocycles. The Morgan fingerprint density at radius 1 is 0.757 bits per heavy atom. The molecule has 37 heavy (non-hydrogen) atoms. The van der Waals surface area contributed by atoms with Crippen molar-refractivity contribution >= 4 is 85.5 Å². The van der Waals surface area contributed by atoms with Gasteiger partial charge in [0.2, 0.25) is 0 Å². The minimum Gasteiger partial charge on any atom is -0.460 e. The van der Waals surface area contributed by atoms with Crippen LogP contribution in [0.3, 0.4) is 0 Å². The molecular weight excluding hydrogens is 721 g/mol. The van der Waals surface area contributed by atoms with Crippen LogP contribution in [0.2, 0.25) is 0 Å². The number of hydrogen-bond donors (Lipinski definition) is 2. The van der Waals surface area contributed by atoms with Crippen molar-refractivity contribution in [3.63, 3.8) is 0 Å². The van der Waals surface area contributed by atoms with E-state index in [9.17, 15) is 20.2 Å². The van der Waals surface area contributed by atoms with Crippen molar-refractivity contribution in [2.45, 2.75) is 0 Å². The van der Waals surface area contributed by atoms with Gasteiger partial charge < -0.3 is 10.0 Å². The summed E-state index contributed by atoms with van der Waals surface area (Å²) >= 11 is 8.47. The summed E-state index contributed by atoms with van der Waals surface area (Å²) in [6.07, 6.45) is 0. The van der Waals surface area contributed by atoms with Crippen molar-refractivity contribution in [1.29, 1.82) is 0 Å². The van der Waals surface area contributed by atoms with Gasteiger partial charge in [-0.25, -0.2) is 0 Å². The van der Waals surface area contributed by atoms with Gasteiger partial charge in [-0.1, -0.05) is 98.0 Å². The molecule has 4 rings (SSSR count). The van der Waals surface area contributed by atoms with Crippen molar-refractivity contribution in [2.75, 3.05) is 0 Å². The van der Waals surface area contributed by atoms with Gasteiger partial charge >= 0.3 is 6.81 Å². The molecule has 2 N–H and O–H groups in total. The lowest BCUT2D eigenvalue weighted by atomic mass is 9.39. The summed E-state index contributed by atoms with van der Waals surface area (Å²) in [6.45, 7) is -0.860.